The highest BCUT2D eigenvalue weighted by Gasteiger charge is 2.10. The highest BCUT2D eigenvalue weighted by molar-refractivity contribution is 5.54. The summed E-state index contributed by atoms with van der Waals surface area (Å²) in [6, 6.07) is 5.13. The lowest BCUT2D eigenvalue weighted by molar-refractivity contribution is -0.385. The Morgan fingerprint density at radius 1 is 1.50 bits per heavy atom. The molecule has 0 atom stereocenters. The highest BCUT2D eigenvalue weighted by atomic mass is 16.6. The van der Waals surface area contributed by atoms with Crippen molar-refractivity contribution in [3.05, 3.63) is 45.5 Å². The average molecular weight is 247 g/mol. The Balaban J connectivity index is 1.99. The number of nitrogens with one attached hydrogen (secondary N) is 2. The largest absolute Gasteiger partial charge is 0.381 e. The van der Waals surface area contributed by atoms with Crippen LogP contribution in [0.2, 0.25) is 0 Å². The number of hydrogen-bond acceptors (Lipinski definition) is 4. The van der Waals surface area contributed by atoms with Crippen LogP contribution in [0.3, 0.4) is 0 Å². The fourth-order valence-electron chi connectivity index (χ4n) is 2.02. The van der Waals surface area contributed by atoms with Crippen LogP contribution < -0.4 is 10.6 Å². The Morgan fingerprint density at radius 3 is 2.94 bits per heavy atom. The number of benzene rings is 1. The molecule has 96 valence electrons. The predicted molar refractivity (Wildman–Crippen MR) is 71.9 cm³/mol. The fraction of sp³-hybridized carbons (Fsp3) is 0.385. The zero-order chi connectivity index (χ0) is 13.0. The van der Waals surface area contributed by atoms with Crippen molar-refractivity contribution >= 4 is 11.4 Å². The first-order valence-corrected chi connectivity index (χ1v) is 6.04. The lowest BCUT2D eigenvalue weighted by Gasteiger charge is -2.15. The van der Waals surface area contributed by atoms with Crippen molar-refractivity contribution in [2.75, 3.05) is 25.0 Å². The van der Waals surface area contributed by atoms with Gasteiger partial charge in [0, 0.05) is 30.4 Å². The number of anilines is 1. The SMILES string of the molecule is Cc1cc(NCC2=CCNCC2)ccc1[N+](=O)[O-]. The van der Waals surface area contributed by atoms with E-state index >= 15 is 0 Å². The number of nitrogens with zero attached hydrogens (tertiary/aromatic N) is 1. The van der Waals surface area contributed by atoms with Gasteiger partial charge in [0.25, 0.3) is 5.69 Å². The van der Waals surface area contributed by atoms with Crippen LogP contribution in [0.15, 0.2) is 29.8 Å². The third-order valence-corrected chi connectivity index (χ3v) is 3.07. The molecule has 5 heteroatoms. The van der Waals surface area contributed by atoms with E-state index in [2.05, 4.69) is 16.7 Å². The summed E-state index contributed by atoms with van der Waals surface area (Å²) >= 11 is 0. The van der Waals surface area contributed by atoms with Gasteiger partial charge < -0.3 is 10.6 Å². The van der Waals surface area contributed by atoms with E-state index in [4.69, 9.17) is 0 Å². The van der Waals surface area contributed by atoms with Crippen LogP contribution in [0, 0.1) is 17.0 Å². The maximum absolute atomic E-state index is 10.7. The van der Waals surface area contributed by atoms with Crippen molar-refractivity contribution in [1.82, 2.24) is 5.32 Å². The number of hydrogen-bond donors (Lipinski definition) is 2. The first kappa shape index (κ1) is 12.6. The molecule has 1 aliphatic rings. The van der Waals surface area contributed by atoms with E-state index in [1.165, 1.54) is 5.57 Å². The van der Waals surface area contributed by atoms with E-state index in [9.17, 15) is 10.1 Å². The minimum Gasteiger partial charge on any atom is -0.381 e. The van der Waals surface area contributed by atoms with Crippen molar-refractivity contribution in [3.8, 4) is 0 Å². The molecule has 0 saturated heterocycles. The molecule has 1 aliphatic heterocycles. The molecular weight excluding hydrogens is 230 g/mol. The van der Waals surface area contributed by atoms with Crippen molar-refractivity contribution in [2.45, 2.75) is 13.3 Å². The van der Waals surface area contributed by atoms with Crippen LogP contribution in [0.1, 0.15) is 12.0 Å². The molecule has 18 heavy (non-hydrogen) atoms. The van der Waals surface area contributed by atoms with Gasteiger partial charge in [-0.05, 0) is 32.0 Å². The third kappa shape index (κ3) is 3.07. The number of aryl methyl sites for hydroxylation is 1. The van der Waals surface area contributed by atoms with Gasteiger partial charge in [0.15, 0.2) is 0 Å². The molecule has 0 aromatic heterocycles. The van der Waals surface area contributed by atoms with E-state index in [0.29, 0.717) is 5.56 Å². The molecule has 5 nitrogen and oxygen atoms in total. The van der Waals surface area contributed by atoms with Gasteiger partial charge >= 0.3 is 0 Å². The van der Waals surface area contributed by atoms with Gasteiger partial charge in [0.05, 0.1) is 4.92 Å². The lowest BCUT2D eigenvalue weighted by Crippen LogP contribution is -2.23. The summed E-state index contributed by atoms with van der Waals surface area (Å²) in [7, 11) is 0. The van der Waals surface area contributed by atoms with Crippen molar-refractivity contribution < 1.29 is 4.92 Å². The molecule has 0 fully saturated rings. The van der Waals surface area contributed by atoms with Crippen LogP contribution in [-0.4, -0.2) is 24.6 Å². The summed E-state index contributed by atoms with van der Waals surface area (Å²) in [5, 5.41) is 17.3. The lowest BCUT2D eigenvalue weighted by atomic mass is 10.1. The number of nitro groups is 1. The van der Waals surface area contributed by atoms with Gasteiger partial charge in [-0.15, -0.1) is 0 Å². The van der Waals surface area contributed by atoms with Crippen LogP contribution in [0.5, 0.6) is 0 Å². The van der Waals surface area contributed by atoms with E-state index in [1.54, 1.807) is 19.1 Å². The molecule has 2 rings (SSSR count). The van der Waals surface area contributed by atoms with Crippen molar-refractivity contribution in [2.24, 2.45) is 0 Å². The van der Waals surface area contributed by atoms with Crippen LogP contribution >= 0.6 is 0 Å². The fourth-order valence-corrected chi connectivity index (χ4v) is 2.02. The van der Waals surface area contributed by atoms with Gasteiger partial charge in [-0.3, -0.25) is 10.1 Å². The van der Waals surface area contributed by atoms with Crippen molar-refractivity contribution in [3.63, 3.8) is 0 Å². The smallest absolute Gasteiger partial charge is 0.272 e. The third-order valence-electron chi connectivity index (χ3n) is 3.07. The first-order valence-electron chi connectivity index (χ1n) is 6.04. The Morgan fingerprint density at radius 2 is 2.33 bits per heavy atom. The second-order valence-electron chi connectivity index (χ2n) is 4.43. The summed E-state index contributed by atoms with van der Waals surface area (Å²) in [5.74, 6) is 0. The van der Waals surface area contributed by atoms with Crippen molar-refractivity contribution in [1.29, 1.82) is 0 Å². The van der Waals surface area contributed by atoms with E-state index in [0.717, 1.165) is 31.7 Å². The Hall–Kier alpha value is -1.88. The second kappa shape index (κ2) is 5.64. The summed E-state index contributed by atoms with van der Waals surface area (Å²) in [6.07, 6.45) is 3.24. The normalized spacial score (nSPS) is 15.1. The molecule has 0 bridgehead atoms. The average Bonchev–Trinajstić information content (AvgIpc) is 2.37. The standard InChI is InChI=1S/C13H17N3O2/c1-10-8-12(2-3-13(10)16(17)18)15-9-11-4-6-14-7-5-11/h2-4,8,14-15H,5-7,9H2,1H3. The molecule has 1 heterocycles. The Kier molecular flexibility index (Phi) is 3.94. The summed E-state index contributed by atoms with van der Waals surface area (Å²) in [5.41, 5.74) is 3.16. The Bertz CT molecular complexity index is 483. The minimum atomic E-state index is -0.353. The van der Waals surface area contributed by atoms with Crippen LogP contribution in [0.25, 0.3) is 0 Å². The van der Waals surface area contributed by atoms with Crippen LogP contribution in [-0.2, 0) is 0 Å². The molecular formula is C13H17N3O2. The number of rotatable bonds is 4. The first-order chi connectivity index (χ1) is 8.66. The van der Waals surface area contributed by atoms with Gasteiger partial charge in [-0.25, -0.2) is 0 Å². The van der Waals surface area contributed by atoms with Gasteiger partial charge in [0.1, 0.15) is 0 Å². The zero-order valence-corrected chi connectivity index (χ0v) is 10.4. The summed E-state index contributed by atoms with van der Waals surface area (Å²) < 4.78 is 0. The summed E-state index contributed by atoms with van der Waals surface area (Å²) in [4.78, 5) is 10.4. The van der Waals surface area contributed by atoms with Crippen LogP contribution in [0.4, 0.5) is 11.4 Å². The van der Waals surface area contributed by atoms with E-state index in [1.807, 2.05) is 6.07 Å². The van der Waals surface area contributed by atoms with E-state index in [-0.39, 0.29) is 10.6 Å². The number of nitro benzene ring substituents is 1. The molecule has 2 N–H and O–H groups in total. The molecule has 0 unspecified atom stereocenters. The topological polar surface area (TPSA) is 67.2 Å². The molecule has 1 aromatic carbocycles. The Labute approximate surface area is 106 Å². The molecule has 1 aromatic rings. The van der Waals surface area contributed by atoms with E-state index < -0.39 is 0 Å². The van der Waals surface area contributed by atoms with Gasteiger partial charge in [-0.2, -0.15) is 0 Å². The zero-order valence-electron chi connectivity index (χ0n) is 10.4. The maximum Gasteiger partial charge on any atom is 0.272 e. The second-order valence-corrected chi connectivity index (χ2v) is 4.43. The molecule has 0 radical (unpaired) electrons. The molecule has 0 spiro atoms. The minimum absolute atomic E-state index is 0.168. The molecule has 0 amide bonds. The van der Waals surface area contributed by atoms with Gasteiger partial charge in [0.2, 0.25) is 0 Å². The monoisotopic (exact) mass is 247 g/mol. The highest BCUT2D eigenvalue weighted by Crippen LogP contribution is 2.21. The predicted octanol–water partition coefficient (Wildman–Crippen LogP) is 2.23. The molecule has 0 saturated carbocycles. The van der Waals surface area contributed by atoms with Gasteiger partial charge in [-0.1, -0.05) is 11.6 Å². The summed E-state index contributed by atoms with van der Waals surface area (Å²) in [6.45, 7) is 4.51. The quantitative estimate of drug-likeness (QED) is 0.486. The maximum atomic E-state index is 10.7. The molecule has 0 aliphatic carbocycles.